The molecule has 2 amide bonds. The van der Waals surface area contributed by atoms with Crippen molar-refractivity contribution in [2.45, 2.75) is 39.3 Å². The summed E-state index contributed by atoms with van der Waals surface area (Å²) in [6.07, 6.45) is 0.0835. The Morgan fingerprint density at radius 2 is 2.20 bits per heavy atom. The zero-order valence-electron chi connectivity index (χ0n) is 11.5. The van der Waals surface area contributed by atoms with Gasteiger partial charge in [-0.05, 0) is 12.3 Å². The summed E-state index contributed by atoms with van der Waals surface area (Å²) < 4.78 is 25.3. The van der Waals surface area contributed by atoms with Crippen molar-refractivity contribution < 1.29 is 18.7 Å². The Balaban J connectivity index is 2.33. The normalized spacial score (nSPS) is 12.8. The van der Waals surface area contributed by atoms with Crippen molar-refractivity contribution in [3.8, 4) is 0 Å². The molecule has 1 heterocycles. The second-order valence-electron chi connectivity index (χ2n) is 4.96. The SMILES string of the molecule is CC(C)CC(O)CNC(=O)Nc1cnn(CC(F)F)c1. The summed E-state index contributed by atoms with van der Waals surface area (Å²) in [6.45, 7) is 3.56. The van der Waals surface area contributed by atoms with Crippen LogP contribution in [-0.2, 0) is 6.54 Å². The van der Waals surface area contributed by atoms with E-state index in [4.69, 9.17) is 0 Å². The maximum absolute atomic E-state index is 12.1. The number of aliphatic hydroxyl groups excluding tert-OH is 1. The van der Waals surface area contributed by atoms with Gasteiger partial charge in [0, 0.05) is 12.7 Å². The lowest BCUT2D eigenvalue weighted by atomic mass is 10.1. The number of urea groups is 1. The fourth-order valence-corrected chi connectivity index (χ4v) is 1.68. The second-order valence-corrected chi connectivity index (χ2v) is 4.96. The number of carbonyl (C=O) groups excluding carboxylic acids is 1. The molecule has 1 unspecified atom stereocenters. The van der Waals surface area contributed by atoms with Crippen LogP contribution in [-0.4, -0.2) is 40.0 Å². The van der Waals surface area contributed by atoms with Gasteiger partial charge >= 0.3 is 6.03 Å². The number of carbonyl (C=O) groups is 1. The first-order valence-electron chi connectivity index (χ1n) is 6.40. The molecular formula is C12H20F2N4O2. The van der Waals surface area contributed by atoms with Gasteiger partial charge in [-0.3, -0.25) is 4.68 Å². The Morgan fingerprint density at radius 3 is 2.80 bits per heavy atom. The number of anilines is 1. The number of aromatic nitrogens is 2. The summed E-state index contributed by atoms with van der Waals surface area (Å²) in [5.74, 6) is 0.336. The van der Waals surface area contributed by atoms with Crippen LogP contribution in [0.25, 0.3) is 0 Å². The van der Waals surface area contributed by atoms with Crippen LogP contribution in [0.1, 0.15) is 20.3 Å². The highest BCUT2D eigenvalue weighted by Crippen LogP contribution is 2.07. The van der Waals surface area contributed by atoms with E-state index in [1.807, 2.05) is 13.8 Å². The van der Waals surface area contributed by atoms with Crippen LogP contribution >= 0.6 is 0 Å². The standard InChI is InChI=1S/C12H20F2N4O2/c1-8(2)3-10(19)5-15-12(20)17-9-4-16-18(6-9)7-11(13)14/h4,6,8,10-11,19H,3,5,7H2,1-2H3,(H2,15,17,20). The van der Waals surface area contributed by atoms with Crippen LogP contribution in [0.2, 0.25) is 0 Å². The maximum Gasteiger partial charge on any atom is 0.319 e. The van der Waals surface area contributed by atoms with Gasteiger partial charge in [-0.25, -0.2) is 13.6 Å². The van der Waals surface area contributed by atoms with E-state index >= 15 is 0 Å². The molecule has 0 radical (unpaired) electrons. The van der Waals surface area contributed by atoms with Gasteiger partial charge in [0.05, 0.1) is 18.0 Å². The Morgan fingerprint density at radius 1 is 1.50 bits per heavy atom. The number of hydrogen-bond donors (Lipinski definition) is 3. The lowest BCUT2D eigenvalue weighted by Gasteiger charge is -2.13. The monoisotopic (exact) mass is 290 g/mol. The lowest BCUT2D eigenvalue weighted by molar-refractivity contribution is 0.122. The second kappa shape index (κ2) is 7.78. The topological polar surface area (TPSA) is 79.2 Å². The predicted octanol–water partition coefficient (Wildman–Crippen LogP) is 1.68. The fraction of sp³-hybridized carbons (Fsp3) is 0.667. The number of hydrogen-bond acceptors (Lipinski definition) is 3. The Bertz CT molecular complexity index is 423. The molecule has 0 bridgehead atoms. The van der Waals surface area contributed by atoms with Gasteiger partial charge < -0.3 is 15.7 Å². The Hall–Kier alpha value is -1.70. The van der Waals surface area contributed by atoms with E-state index in [-0.39, 0.29) is 6.54 Å². The molecule has 0 spiro atoms. The molecule has 1 aromatic heterocycles. The summed E-state index contributed by atoms with van der Waals surface area (Å²) in [6, 6.07) is -0.510. The molecule has 0 aliphatic rings. The van der Waals surface area contributed by atoms with E-state index in [0.717, 1.165) is 4.68 Å². The molecule has 20 heavy (non-hydrogen) atoms. The van der Waals surface area contributed by atoms with Crippen LogP contribution in [0.15, 0.2) is 12.4 Å². The first-order chi connectivity index (χ1) is 9.36. The van der Waals surface area contributed by atoms with E-state index in [2.05, 4.69) is 15.7 Å². The molecule has 1 aromatic rings. The molecule has 0 aliphatic carbocycles. The summed E-state index contributed by atoms with van der Waals surface area (Å²) in [5, 5.41) is 18.2. The molecule has 6 nitrogen and oxygen atoms in total. The van der Waals surface area contributed by atoms with Gasteiger partial charge in [-0.2, -0.15) is 5.10 Å². The number of nitrogens with zero attached hydrogens (tertiary/aromatic N) is 2. The minimum atomic E-state index is -2.50. The quantitative estimate of drug-likeness (QED) is 0.715. The highest BCUT2D eigenvalue weighted by Gasteiger charge is 2.10. The van der Waals surface area contributed by atoms with Crippen LogP contribution < -0.4 is 10.6 Å². The molecule has 0 aliphatic heterocycles. The van der Waals surface area contributed by atoms with Crippen molar-refractivity contribution in [1.29, 1.82) is 0 Å². The first-order valence-corrected chi connectivity index (χ1v) is 6.40. The van der Waals surface area contributed by atoms with Gasteiger partial charge in [0.15, 0.2) is 0 Å². The molecule has 1 atom stereocenters. The van der Waals surface area contributed by atoms with Crippen LogP contribution in [0.5, 0.6) is 0 Å². The number of nitrogens with one attached hydrogen (secondary N) is 2. The first kappa shape index (κ1) is 16.4. The molecule has 0 saturated carbocycles. The third-order valence-corrected chi connectivity index (χ3v) is 2.46. The predicted molar refractivity (Wildman–Crippen MR) is 70.7 cm³/mol. The average Bonchev–Trinajstić information content (AvgIpc) is 2.72. The maximum atomic E-state index is 12.1. The van der Waals surface area contributed by atoms with E-state index in [1.54, 1.807) is 0 Å². The third kappa shape index (κ3) is 6.46. The molecule has 8 heteroatoms. The van der Waals surface area contributed by atoms with Gasteiger partial charge in [0.2, 0.25) is 0 Å². The molecular weight excluding hydrogens is 270 g/mol. The largest absolute Gasteiger partial charge is 0.391 e. The summed E-state index contributed by atoms with van der Waals surface area (Å²) in [7, 11) is 0. The molecule has 114 valence electrons. The number of amides is 2. The highest BCUT2D eigenvalue weighted by atomic mass is 19.3. The smallest absolute Gasteiger partial charge is 0.319 e. The van der Waals surface area contributed by atoms with Crippen molar-refractivity contribution in [2.24, 2.45) is 5.92 Å². The summed E-state index contributed by atoms with van der Waals surface area (Å²) in [5.41, 5.74) is 0.321. The molecule has 3 N–H and O–H groups in total. The number of alkyl halides is 2. The lowest BCUT2D eigenvalue weighted by Crippen LogP contribution is -2.35. The van der Waals surface area contributed by atoms with Gasteiger partial charge in [-0.1, -0.05) is 13.8 Å². The Labute approximate surface area is 116 Å². The number of rotatable bonds is 7. The van der Waals surface area contributed by atoms with E-state index in [0.29, 0.717) is 18.0 Å². The fourth-order valence-electron chi connectivity index (χ4n) is 1.68. The summed E-state index contributed by atoms with van der Waals surface area (Å²) in [4.78, 5) is 11.5. The van der Waals surface area contributed by atoms with E-state index in [9.17, 15) is 18.7 Å². The van der Waals surface area contributed by atoms with Gasteiger partial charge in [-0.15, -0.1) is 0 Å². The number of halogens is 2. The highest BCUT2D eigenvalue weighted by molar-refractivity contribution is 5.88. The minimum Gasteiger partial charge on any atom is -0.391 e. The Kier molecular flexibility index (Phi) is 6.37. The summed E-state index contributed by atoms with van der Waals surface area (Å²) >= 11 is 0. The van der Waals surface area contributed by atoms with Crippen molar-refractivity contribution in [1.82, 2.24) is 15.1 Å². The minimum absolute atomic E-state index is 0.134. The molecule has 0 fully saturated rings. The van der Waals surface area contributed by atoms with Gasteiger partial charge in [0.1, 0.15) is 6.54 Å². The number of aliphatic hydroxyl groups is 1. The molecule has 0 saturated heterocycles. The van der Waals surface area contributed by atoms with E-state index < -0.39 is 25.1 Å². The van der Waals surface area contributed by atoms with Gasteiger partial charge in [0.25, 0.3) is 6.43 Å². The molecule has 0 aromatic carbocycles. The van der Waals surface area contributed by atoms with Crippen LogP contribution in [0.4, 0.5) is 19.3 Å². The third-order valence-electron chi connectivity index (χ3n) is 2.46. The van der Waals surface area contributed by atoms with Crippen LogP contribution in [0, 0.1) is 5.92 Å². The van der Waals surface area contributed by atoms with E-state index in [1.165, 1.54) is 12.4 Å². The van der Waals surface area contributed by atoms with Crippen molar-refractivity contribution in [2.75, 3.05) is 11.9 Å². The van der Waals surface area contributed by atoms with Crippen molar-refractivity contribution in [3.63, 3.8) is 0 Å². The molecule has 1 rings (SSSR count). The van der Waals surface area contributed by atoms with Crippen molar-refractivity contribution >= 4 is 11.7 Å². The van der Waals surface area contributed by atoms with Crippen LogP contribution in [0.3, 0.4) is 0 Å². The zero-order valence-corrected chi connectivity index (χ0v) is 11.5. The zero-order chi connectivity index (χ0) is 15.1. The average molecular weight is 290 g/mol. The van der Waals surface area contributed by atoms with Crippen molar-refractivity contribution in [3.05, 3.63) is 12.4 Å².